The molecule has 0 aliphatic heterocycles. The van der Waals surface area contributed by atoms with Crippen LogP contribution in [0.3, 0.4) is 0 Å². The van der Waals surface area contributed by atoms with Gasteiger partial charge in [0.1, 0.15) is 0 Å². The van der Waals surface area contributed by atoms with Gasteiger partial charge in [-0.3, -0.25) is 0 Å². The molecule has 2 saturated carbocycles. The minimum atomic E-state index is 0.608. The van der Waals surface area contributed by atoms with Gasteiger partial charge >= 0.3 is 0 Å². The largest absolute Gasteiger partial charge is 0.316 e. The molecular weight excluding hydrogens is 158 g/mol. The van der Waals surface area contributed by atoms with Gasteiger partial charge in [0.05, 0.1) is 0 Å². The van der Waals surface area contributed by atoms with Crippen LogP contribution in [0.2, 0.25) is 0 Å². The van der Waals surface area contributed by atoms with Crippen molar-refractivity contribution in [2.45, 2.75) is 46.0 Å². The van der Waals surface area contributed by atoms with Crippen LogP contribution in [0.5, 0.6) is 0 Å². The van der Waals surface area contributed by atoms with Crippen molar-refractivity contribution in [3.05, 3.63) is 0 Å². The van der Waals surface area contributed by atoms with E-state index in [0.717, 1.165) is 11.8 Å². The molecule has 1 nitrogen and oxygen atoms in total. The fourth-order valence-electron chi connectivity index (χ4n) is 2.56. The van der Waals surface area contributed by atoms with Gasteiger partial charge in [-0.2, -0.15) is 0 Å². The smallest absolute Gasteiger partial charge is 0.00153 e. The molecule has 0 aromatic carbocycles. The summed E-state index contributed by atoms with van der Waals surface area (Å²) >= 11 is 0. The molecule has 0 saturated heterocycles. The van der Waals surface area contributed by atoms with Gasteiger partial charge in [-0.15, -0.1) is 0 Å². The van der Waals surface area contributed by atoms with Crippen molar-refractivity contribution in [1.82, 2.24) is 5.32 Å². The summed E-state index contributed by atoms with van der Waals surface area (Å²) in [4.78, 5) is 0. The highest BCUT2D eigenvalue weighted by molar-refractivity contribution is 4.86. The highest BCUT2D eigenvalue weighted by Gasteiger charge is 2.34. The van der Waals surface area contributed by atoms with E-state index in [0.29, 0.717) is 5.41 Å². The van der Waals surface area contributed by atoms with Crippen molar-refractivity contribution in [2.24, 2.45) is 17.3 Å². The Morgan fingerprint density at radius 3 is 2.46 bits per heavy atom. The Hall–Kier alpha value is -0.0400. The Labute approximate surface area is 82.3 Å². The van der Waals surface area contributed by atoms with Crippen molar-refractivity contribution < 1.29 is 0 Å². The van der Waals surface area contributed by atoms with Gasteiger partial charge in [0.15, 0.2) is 0 Å². The SMILES string of the molecule is CC1(C)CCCC1CNCC1CC1. The molecule has 0 heterocycles. The molecule has 0 amide bonds. The van der Waals surface area contributed by atoms with E-state index in [2.05, 4.69) is 19.2 Å². The quantitative estimate of drug-likeness (QED) is 0.703. The standard InChI is InChI=1S/C12H23N/c1-12(2)7-3-4-11(12)9-13-8-10-5-6-10/h10-11,13H,3-9H2,1-2H3. The molecule has 1 heteroatoms. The van der Waals surface area contributed by atoms with E-state index < -0.39 is 0 Å². The predicted octanol–water partition coefficient (Wildman–Crippen LogP) is 2.81. The lowest BCUT2D eigenvalue weighted by molar-refractivity contribution is 0.251. The van der Waals surface area contributed by atoms with E-state index in [1.807, 2.05) is 0 Å². The first-order valence-electron chi connectivity index (χ1n) is 5.89. The summed E-state index contributed by atoms with van der Waals surface area (Å²) < 4.78 is 0. The third-order valence-corrected chi connectivity index (χ3v) is 4.00. The average molecular weight is 181 g/mol. The van der Waals surface area contributed by atoms with Gasteiger partial charge in [0.2, 0.25) is 0 Å². The summed E-state index contributed by atoms with van der Waals surface area (Å²) in [6.07, 6.45) is 7.28. The zero-order valence-electron chi connectivity index (χ0n) is 9.10. The van der Waals surface area contributed by atoms with Gasteiger partial charge in [-0.1, -0.05) is 20.3 Å². The van der Waals surface area contributed by atoms with Crippen LogP contribution in [-0.2, 0) is 0 Å². The van der Waals surface area contributed by atoms with Gasteiger partial charge in [0.25, 0.3) is 0 Å². The fraction of sp³-hybridized carbons (Fsp3) is 1.00. The van der Waals surface area contributed by atoms with Gasteiger partial charge < -0.3 is 5.32 Å². The molecule has 1 unspecified atom stereocenters. The fourth-order valence-corrected chi connectivity index (χ4v) is 2.56. The molecule has 1 atom stereocenters. The monoisotopic (exact) mass is 181 g/mol. The lowest BCUT2D eigenvalue weighted by Gasteiger charge is -2.27. The predicted molar refractivity (Wildman–Crippen MR) is 56.7 cm³/mol. The summed E-state index contributed by atoms with van der Waals surface area (Å²) in [5, 5.41) is 3.64. The van der Waals surface area contributed by atoms with Crippen molar-refractivity contribution in [3.63, 3.8) is 0 Å². The highest BCUT2D eigenvalue weighted by atomic mass is 14.9. The molecule has 2 rings (SSSR count). The Morgan fingerprint density at radius 1 is 1.15 bits per heavy atom. The van der Waals surface area contributed by atoms with E-state index in [9.17, 15) is 0 Å². The first-order valence-corrected chi connectivity index (χ1v) is 5.89. The first-order chi connectivity index (χ1) is 6.18. The lowest BCUT2D eigenvalue weighted by atomic mass is 9.82. The summed E-state index contributed by atoms with van der Waals surface area (Å²) in [5.41, 5.74) is 0.608. The summed E-state index contributed by atoms with van der Waals surface area (Å²) in [5.74, 6) is 1.97. The normalized spacial score (nSPS) is 32.3. The molecule has 0 radical (unpaired) electrons. The zero-order chi connectivity index (χ0) is 9.31. The minimum Gasteiger partial charge on any atom is -0.316 e. The van der Waals surface area contributed by atoms with Crippen LogP contribution in [0, 0.1) is 17.3 Å². The van der Waals surface area contributed by atoms with Crippen LogP contribution in [0.15, 0.2) is 0 Å². The average Bonchev–Trinajstić information content (AvgIpc) is 2.79. The van der Waals surface area contributed by atoms with Gasteiger partial charge in [-0.25, -0.2) is 0 Å². The second-order valence-electron chi connectivity index (χ2n) is 5.68. The minimum absolute atomic E-state index is 0.608. The maximum Gasteiger partial charge on any atom is -0.00153 e. The maximum atomic E-state index is 3.64. The second kappa shape index (κ2) is 3.61. The third kappa shape index (κ3) is 2.46. The van der Waals surface area contributed by atoms with Crippen molar-refractivity contribution in [3.8, 4) is 0 Å². The summed E-state index contributed by atoms with van der Waals surface area (Å²) in [6.45, 7) is 7.42. The molecule has 76 valence electrons. The summed E-state index contributed by atoms with van der Waals surface area (Å²) in [6, 6.07) is 0. The molecule has 0 spiro atoms. The van der Waals surface area contributed by atoms with E-state index in [4.69, 9.17) is 0 Å². The second-order valence-corrected chi connectivity index (χ2v) is 5.68. The molecule has 0 bridgehead atoms. The van der Waals surface area contributed by atoms with E-state index in [1.54, 1.807) is 0 Å². The number of nitrogens with one attached hydrogen (secondary N) is 1. The molecule has 0 aromatic heterocycles. The molecule has 0 aromatic rings. The van der Waals surface area contributed by atoms with Crippen molar-refractivity contribution in [2.75, 3.05) is 13.1 Å². The lowest BCUT2D eigenvalue weighted by Crippen LogP contribution is -2.30. The summed E-state index contributed by atoms with van der Waals surface area (Å²) in [7, 11) is 0. The van der Waals surface area contributed by atoms with Crippen LogP contribution in [0.4, 0.5) is 0 Å². The maximum absolute atomic E-state index is 3.64. The number of rotatable bonds is 4. The zero-order valence-corrected chi connectivity index (χ0v) is 9.10. The Kier molecular flexibility index (Phi) is 2.64. The molecule has 2 aliphatic carbocycles. The van der Waals surface area contributed by atoms with E-state index in [1.165, 1.54) is 45.2 Å². The van der Waals surface area contributed by atoms with Crippen LogP contribution in [0.1, 0.15) is 46.0 Å². The topological polar surface area (TPSA) is 12.0 Å². The van der Waals surface area contributed by atoms with Crippen molar-refractivity contribution in [1.29, 1.82) is 0 Å². The third-order valence-electron chi connectivity index (χ3n) is 4.00. The molecule has 13 heavy (non-hydrogen) atoms. The Bertz CT molecular complexity index is 170. The Balaban J connectivity index is 1.67. The van der Waals surface area contributed by atoms with Gasteiger partial charge in [-0.05, 0) is 56.0 Å². The highest BCUT2D eigenvalue weighted by Crippen LogP contribution is 2.42. The van der Waals surface area contributed by atoms with E-state index in [-0.39, 0.29) is 0 Å². The van der Waals surface area contributed by atoms with Crippen LogP contribution in [-0.4, -0.2) is 13.1 Å². The molecule has 1 N–H and O–H groups in total. The molecule has 2 aliphatic rings. The van der Waals surface area contributed by atoms with Crippen molar-refractivity contribution >= 4 is 0 Å². The van der Waals surface area contributed by atoms with Crippen LogP contribution in [0.25, 0.3) is 0 Å². The van der Waals surface area contributed by atoms with Crippen LogP contribution < -0.4 is 5.32 Å². The first kappa shape index (κ1) is 9.51. The van der Waals surface area contributed by atoms with Crippen LogP contribution >= 0.6 is 0 Å². The molecular formula is C12H23N. The molecule has 2 fully saturated rings. The number of hydrogen-bond acceptors (Lipinski definition) is 1. The van der Waals surface area contributed by atoms with Gasteiger partial charge in [0, 0.05) is 0 Å². The number of hydrogen-bond donors (Lipinski definition) is 1. The van der Waals surface area contributed by atoms with E-state index >= 15 is 0 Å². The Morgan fingerprint density at radius 2 is 1.92 bits per heavy atom.